The third-order valence-electron chi connectivity index (χ3n) is 6.07. The maximum absolute atomic E-state index is 13.7. The normalized spacial score (nSPS) is 13.9. The maximum Gasteiger partial charge on any atom is 0.259 e. The highest BCUT2D eigenvalue weighted by molar-refractivity contribution is 7.91. The van der Waals surface area contributed by atoms with Crippen LogP contribution < -0.4 is 10.2 Å². The Balaban J connectivity index is 1.56. The van der Waals surface area contributed by atoms with Crippen molar-refractivity contribution in [1.29, 1.82) is 0 Å². The molecule has 1 aliphatic rings. The van der Waals surface area contributed by atoms with Crippen LogP contribution in [0, 0.1) is 5.82 Å². The van der Waals surface area contributed by atoms with Crippen LogP contribution >= 0.6 is 11.6 Å². The average Bonchev–Trinajstić information content (AvgIpc) is 2.97. The Morgan fingerprint density at radius 3 is 2.27 bits per heavy atom. The third-order valence-corrected chi connectivity index (χ3v) is 8.19. The Morgan fingerprint density at radius 1 is 0.865 bits per heavy atom. The minimum atomic E-state index is -4.06. The number of halogens is 2. The number of hydrogen-bond donors (Lipinski definition) is 1. The van der Waals surface area contributed by atoms with E-state index >= 15 is 0 Å². The number of sulfone groups is 1. The fourth-order valence-electron chi connectivity index (χ4n) is 4.16. The van der Waals surface area contributed by atoms with E-state index in [1.807, 2.05) is 0 Å². The number of fused-ring (bicyclic) bond motifs is 2. The Kier molecular flexibility index (Phi) is 6.54. The highest BCUT2D eigenvalue weighted by Gasteiger charge is 2.36. The second kappa shape index (κ2) is 9.80. The van der Waals surface area contributed by atoms with Crippen molar-refractivity contribution in [2.45, 2.75) is 22.9 Å². The predicted octanol–water partition coefficient (Wildman–Crippen LogP) is 5.40. The monoisotopic (exact) mass is 534 g/mol. The van der Waals surface area contributed by atoms with Crippen molar-refractivity contribution in [2.24, 2.45) is 0 Å². The highest BCUT2D eigenvalue weighted by Crippen LogP contribution is 2.38. The van der Waals surface area contributed by atoms with Gasteiger partial charge in [-0.3, -0.25) is 9.59 Å². The molecular weight excluding hydrogens is 515 g/mol. The molecule has 4 aromatic rings. The first-order chi connectivity index (χ1) is 17.7. The fourth-order valence-corrected chi connectivity index (χ4v) is 5.92. The third kappa shape index (κ3) is 4.85. The van der Waals surface area contributed by atoms with Gasteiger partial charge >= 0.3 is 0 Å². The molecule has 0 spiro atoms. The summed E-state index contributed by atoms with van der Waals surface area (Å²) in [6.45, 7) is 0.209. The Hall–Kier alpha value is -4.01. The molecule has 2 amide bonds. The van der Waals surface area contributed by atoms with Gasteiger partial charge in [-0.25, -0.2) is 12.8 Å². The van der Waals surface area contributed by atoms with Crippen molar-refractivity contribution in [3.05, 3.63) is 124 Å². The molecule has 5 rings (SSSR count). The fraction of sp³-hybridized carbons (Fsp3) is 0.0714. The van der Waals surface area contributed by atoms with Gasteiger partial charge in [0.1, 0.15) is 5.82 Å². The lowest BCUT2D eigenvalue weighted by Crippen LogP contribution is -2.31. The summed E-state index contributed by atoms with van der Waals surface area (Å²) in [5.74, 6) is -1.35. The van der Waals surface area contributed by atoms with Crippen molar-refractivity contribution in [1.82, 2.24) is 5.32 Å². The molecule has 9 heteroatoms. The van der Waals surface area contributed by atoms with Gasteiger partial charge in [-0.05, 0) is 65.7 Å². The van der Waals surface area contributed by atoms with Gasteiger partial charge in [-0.15, -0.1) is 0 Å². The molecule has 0 unspecified atom stereocenters. The molecule has 6 nitrogen and oxygen atoms in total. The van der Waals surface area contributed by atoms with Crippen LogP contribution in [0.5, 0.6) is 0 Å². The molecule has 0 fully saturated rings. The van der Waals surface area contributed by atoms with Crippen LogP contribution in [0.15, 0.2) is 101 Å². The van der Waals surface area contributed by atoms with Gasteiger partial charge in [0.15, 0.2) is 0 Å². The predicted molar refractivity (Wildman–Crippen MR) is 138 cm³/mol. The van der Waals surface area contributed by atoms with Crippen molar-refractivity contribution in [2.75, 3.05) is 4.90 Å². The van der Waals surface area contributed by atoms with E-state index in [9.17, 15) is 22.4 Å². The van der Waals surface area contributed by atoms with Crippen LogP contribution in [-0.4, -0.2) is 20.2 Å². The molecule has 0 bridgehead atoms. The summed E-state index contributed by atoms with van der Waals surface area (Å²) in [5, 5.41) is 3.28. The molecule has 1 aliphatic heterocycles. The van der Waals surface area contributed by atoms with Gasteiger partial charge in [-0.2, -0.15) is 0 Å². The number of anilines is 1. The highest BCUT2D eigenvalue weighted by atomic mass is 35.5. The number of rotatable bonds is 5. The second-order valence-electron chi connectivity index (χ2n) is 8.51. The molecule has 0 saturated carbocycles. The van der Waals surface area contributed by atoms with E-state index in [4.69, 9.17) is 11.6 Å². The summed E-state index contributed by atoms with van der Waals surface area (Å²) in [7, 11) is -4.06. The molecule has 0 aliphatic carbocycles. The topological polar surface area (TPSA) is 83.6 Å². The summed E-state index contributed by atoms with van der Waals surface area (Å²) in [6, 6.07) is 22.8. The van der Waals surface area contributed by atoms with Gasteiger partial charge < -0.3 is 10.2 Å². The van der Waals surface area contributed by atoms with Crippen LogP contribution in [0.1, 0.15) is 31.8 Å². The Bertz CT molecular complexity index is 1620. The largest absolute Gasteiger partial charge is 0.348 e. The minimum Gasteiger partial charge on any atom is -0.348 e. The lowest BCUT2D eigenvalue weighted by Gasteiger charge is -2.23. The number of nitrogens with one attached hydrogen (secondary N) is 1. The quantitative estimate of drug-likeness (QED) is 0.371. The van der Waals surface area contributed by atoms with Crippen molar-refractivity contribution < 1.29 is 22.4 Å². The van der Waals surface area contributed by atoms with Crippen molar-refractivity contribution in [3.8, 4) is 0 Å². The van der Waals surface area contributed by atoms with Gasteiger partial charge in [0.05, 0.1) is 27.6 Å². The molecule has 1 heterocycles. The summed E-state index contributed by atoms with van der Waals surface area (Å²) >= 11 is 6.01. The van der Waals surface area contributed by atoms with Crippen molar-refractivity contribution >= 4 is 38.9 Å². The summed E-state index contributed by atoms with van der Waals surface area (Å²) in [5.41, 5.74) is 1.75. The van der Waals surface area contributed by atoms with Crippen LogP contribution in [0.3, 0.4) is 0 Å². The zero-order valence-electron chi connectivity index (χ0n) is 19.3. The van der Waals surface area contributed by atoms with Crippen LogP contribution in [0.25, 0.3) is 0 Å². The molecule has 4 aromatic carbocycles. The summed E-state index contributed by atoms with van der Waals surface area (Å²) in [6.07, 6.45) is 0. The SMILES string of the molecule is O=C(NCc1ccc(F)cc1)c1ccc2c(c1)N(Cc1ccc(Cl)cc1)C(=O)c1ccccc1S2(=O)=O. The minimum absolute atomic E-state index is 0.0509. The smallest absolute Gasteiger partial charge is 0.259 e. The van der Waals surface area contributed by atoms with E-state index < -0.39 is 21.7 Å². The van der Waals surface area contributed by atoms with E-state index in [0.29, 0.717) is 10.6 Å². The Morgan fingerprint density at radius 2 is 1.54 bits per heavy atom. The molecule has 0 atom stereocenters. The lowest BCUT2D eigenvalue weighted by molar-refractivity contribution is 0.0947. The molecule has 1 N–H and O–H groups in total. The van der Waals surface area contributed by atoms with E-state index in [-0.39, 0.29) is 45.5 Å². The zero-order chi connectivity index (χ0) is 26.2. The van der Waals surface area contributed by atoms with Crippen LogP contribution in [0.4, 0.5) is 10.1 Å². The summed E-state index contributed by atoms with van der Waals surface area (Å²) < 4.78 is 40.4. The number of nitrogens with zero attached hydrogens (tertiary/aromatic N) is 1. The molecule has 37 heavy (non-hydrogen) atoms. The first-order valence-corrected chi connectivity index (χ1v) is 13.2. The van der Waals surface area contributed by atoms with E-state index in [1.165, 1.54) is 47.4 Å². The van der Waals surface area contributed by atoms with Gasteiger partial charge in [0.2, 0.25) is 9.84 Å². The lowest BCUT2D eigenvalue weighted by atomic mass is 10.1. The molecule has 0 radical (unpaired) electrons. The standard InChI is InChI=1S/C28H20ClFN2O4S/c29-21-10-5-19(6-11-21)17-32-24-15-20(27(33)31-16-18-7-12-22(30)13-8-18)9-14-26(24)37(35,36)25-4-2-1-3-23(25)28(32)34/h1-15H,16-17H2,(H,31,33). The number of hydrogen-bond acceptors (Lipinski definition) is 4. The molecular formula is C28H20ClFN2O4S. The number of amides is 2. The first kappa shape index (κ1) is 24.7. The van der Waals surface area contributed by atoms with Gasteiger partial charge in [0, 0.05) is 17.1 Å². The van der Waals surface area contributed by atoms with Crippen LogP contribution in [-0.2, 0) is 22.9 Å². The van der Waals surface area contributed by atoms with E-state index in [2.05, 4.69) is 5.32 Å². The molecule has 0 saturated heterocycles. The van der Waals surface area contributed by atoms with Gasteiger partial charge in [-0.1, -0.05) is 48.0 Å². The first-order valence-electron chi connectivity index (χ1n) is 11.3. The molecule has 186 valence electrons. The molecule has 0 aromatic heterocycles. The van der Waals surface area contributed by atoms with Crippen molar-refractivity contribution in [3.63, 3.8) is 0 Å². The number of benzene rings is 4. The number of carbonyl (C=O) groups excluding carboxylic acids is 2. The average molecular weight is 535 g/mol. The maximum atomic E-state index is 13.7. The zero-order valence-corrected chi connectivity index (χ0v) is 20.9. The number of carbonyl (C=O) groups is 2. The Labute approximate surface area is 218 Å². The van der Waals surface area contributed by atoms with Gasteiger partial charge in [0.25, 0.3) is 11.8 Å². The van der Waals surface area contributed by atoms with Crippen LogP contribution in [0.2, 0.25) is 5.02 Å². The summed E-state index contributed by atoms with van der Waals surface area (Å²) in [4.78, 5) is 27.8. The van der Waals surface area contributed by atoms with E-state index in [1.54, 1.807) is 48.5 Å². The second-order valence-corrected chi connectivity index (χ2v) is 10.8. The van der Waals surface area contributed by atoms with E-state index in [0.717, 1.165) is 5.56 Å².